The van der Waals surface area contributed by atoms with Crippen molar-refractivity contribution in [3.05, 3.63) is 35.6 Å². The molecule has 4 nitrogen and oxygen atoms in total. The lowest BCUT2D eigenvalue weighted by Gasteiger charge is -2.57. The number of fused-ring (bicyclic) bond motifs is 6. The zero-order valence-electron chi connectivity index (χ0n) is 17.1. The van der Waals surface area contributed by atoms with Crippen molar-refractivity contribution < 1.29 is 19.1 Å². The summed E-state index contributed by atoms with van der Waals surface area (Å²) in [5, 5.41) is 0. The predicted molar refractivity (Wildman–Crippen MR) is 105 cm³/mol. The number of ether oxygens (including phenoxy) is 2. The number of carbonyl (C=O) groups is 2. The van der Waals surface area contributed by atoms with E-state index in [0.29, 0.717) is 29.9 Å². The summed E-state index contributed by atoms with van der Waals surface area (Å²) in [6.07, 6.45) is 15.7. The van der Waals surface area contributed by atoms with Gasteiger partial charge in [-0.3, -0.25) is 9.59 Å². The van der Waals surface area contributed by atoms with Gasteiger partial charge in [0.2, 0.25) is 0 Å². The van der Waals surface area contributed by atoms with Crippen LogP contribution in [0.5, 0.6) is 0 Å². The Morgan fingerprint density at radius 2 is 1.96 bits per heavy atom. The van der Waals surface area contributed by atoms with E-state index < -0.39 is 0 Å². The molecule has 0 aromatic rings. The van der Waals surface area contributed by atoms with Crippen LogP contribution in [0, 0.1) is 28.6 Å². The molecule has 6 atom stereocenters. The first-order valence-corrected chi connectivity index (χ1v) is 10.8. The minimum Gasteiger partial charge on any atom is -0.458 e. The average molecular weight is 383 g/mol. The smallest absolute Gasteiger partial charge is 0.308 e. The lowest BCUT2D eigenvalue weighted by atomic mass is 9.48. The van der Waals surface area contributed by atoms with Crippen LogP contribution in [0.1, 0.15) is 65.7 Å². The van der Waals surface area contributed by atoms with E-state index >= 15 is 0 Å². The van der Waals surface area contributed by atoms with E-state index in [2.05, 4.69) is 38.2 Å². The summed E-state index contributed by atoms with van der Waals surface area (Å²) in [6.45, 7) is 6.22. The molecule has 1 spiro atoms. The summed E-state index contributed by atoms with van der Waals surface area (Å²) in [5.41, 5.74) is 1.25. The molecule has 0 bridgehead atoms. The molecule has 4 heteroatoms. The van der Waals surface area contributed by atoms with E-state index in [1.807, 2.05) is 0 Å². The highest BCUT2D eigenvalue weighted by molar-refractivity contribution is 5.72. The molecule has 0 aromatic heterocycles. The number of esters is 2. The molecule has 0 N–H and O–H groups in total. The molecular formula is C24H30O4. The van der Waals surface area contributed by atoms with Crippen molar-refractivity contribution >= 4 is 11.9 Å². The number of rotatable bonds is 1. The summed E-state index contributed by atoms with van der Waals surface area (Å²) >= 11 is 0. The van der Waals surface area contributed by atoms with Gasteiger partial charge < -0.3 is 9.47 Å². The molecule has 0 amide bonds. The van der Waals surface area contributed by atoms with Gasteiger partial charge in [-0.1, -0.05) is 26.0 Å². The molecule has 0 unspecified atom stereocenters. The van der Waals surface area contributed by atoms with Gasteiger partial charge in [0, 0.05) is 18.8 Å². The fraction of sp³-hybridized carbons (Fsp3) is 0.667. The maximum absolute atomic E-state index is 12.0. The number of allylic oxidation sites excluding steroid dienone is 5. The van der Waals surface area contributed by atoms with E-state index in [1.54, 1.807) is 0 Å². The maximum atomic E-state index is 12.0. The number of carbonyl (C=O) groups excluding carboxylic acids is 2. The van der Waals surface area contributed by atoms with Crippen LogP contribution in [0.25, 0.3) is 0 Å². The van der Waals surface area contributed by atoms with Gasteiger partial charge >= 0.3 is 11.9 Å². The minimum absolute atomic E-state index is 0.00390. The van der Waals surface area contributed by atoms with Crippen LogP contribution >= 0.6 is 0 Å². The van der Waals surface area contributed by atoms with Gasteiger partial charge in [0.1, 0.15) is 11.4 Å². The third-order valence-corrected chi connectivity index (χ3v) is 8.93. The topological polar surface area (TPSA) is 52.6 Å². The van der Waals surface area contributed by atoms with Gasteiger partial charge in [-0.05, 0) is 79.4 Å². The Kier molecular flexibility index (Phi) is 3.80. The number of hydrogen-bond donors (Lipinski definition) is 0. The third kappa shape index (κ3) is 2.29. The summed E-state index contributed by atoms with van der Waals surface area (Å²) in [4.78, 5) is 23.3. The Morgan fingerprint density at radius 3 is 2.68 bits per heavy atom. The molecule has 4 aliphatic carbocycles. The highest BCUT2D eigenvalue weighted by Crippen LogP contribution is 2.68. The molecule has 5 rings (SSSR count). The predicted octanol–water partition coefficient (Wildman–Crippen LogP) is 4.86. The van der Waals surface area contributed by atoms with Crippen LogP contribution in [-0.4, -0.2) is 17.5 Å². The lowest BCUT2D eigenvalue weighted by Crippen LogP contribution is -2.53. The quantitative estimate of drug-likeness (QED) is 0.608. The van der Waals surface area contributed by atoms with Gasteiger partial charge in [0.25, 0.3) is 0 Å². The molecule has 150 valence electrons. The van der Waals surface area contributed by atoms with E-state index in [-0.39, 0.29) is 28.4 Å². The van der Waals surface area contributed by atoms with Crippen LogP contribution in [0.2, 0.25) is 0 Å². The molecule has 28 heavy (non-hydrogen) atoms. The first-order valence-electron chi connectivity index (χ1n) is 10.8. The minimum atomic E-state index is -0.264. The van der Waals surface area contributed by atoms with Crippen molar-refractivity contribution in [1.82, 2.24) is 0 Å². The largest absolute Gasteiger partial charge is 0.458 e. The van der Waals surface area contributed by atoms with Crippen LogP contribution in [0.15, 0.2) is 35.6 Å². The fourth-order valence-corrected chi connectivity index (χ4v) is 7.37. The zero-order valence-corrected chi connectivity index (χ0v) is 17.1. The van der Waals surface area contributed by atoms with Gasteiger partial charge in [0.15, 0.2) is 0 Å². The van der Waals surface area contributed by atoms with Crippen molar-refractivity contribution in [3.63, 3.8) is 0 Å². The van der Waals surface area contributed by atoms with E-state index in [4.69, 9.17) is 9.47 Å². The molecule has 1 saturated heterocycles. The highest BCUT2D eigenvalue weighted by Gasteiger charge is 2.66. The molecule has 0 radical (unpaired) electrons. The van der Waals surface area contributed by atoms with E-state index in [0.717, 1.165) is 38.5 Å². The Balaban J connectivity index is 1.47. The fourth-order valence-electron chi connectivity index (χ4n) is 7.37. The van der Waals surface area contributed by atoms with Crippen LogP contribution in [0.4, 0.5) is 0 Å². The van der Waals surface area contributed by atoms with Gasteiger partial charge in [-0.2, -0.15) is 0 Å². The van der Waals surface area contributed by atoms with Crippen molar-refractivity contribution in [2.75, 3.05) is 0 Å². The van der Waals surface area contributed by atoms with E-state index in [1.165, 1.54) is 12.5 Å². The van der Waals surface area contributed by atoms with E-state index in [9.17, 15) is 9.59 Å². The Hall–Kier alpha value is -1.84. The normalized spacial score (nSPS) is 46.2. The molecule has 1 aliphatic heterocycles. The maximum Gasteiger partial charge on any atom is 0.308 e. The van der Waals surface area contributed by atoms with Gasteiger partial charge in [-0.25, -0.2) is 0 Å². The second-order valence-electron chi connectivity index (χ2n) is 10.0. The molecule has 5 aliphatic rings. The standard InChI is InChI=1S/C24H30O4/c1-15(25)27-17-6-10-22(2)16(14-17)4-5-18-19(22)7-11-23(3)20(18)8-12-24(23)13-9-21(26)28-24/h4-6,14,18-20H,7-13H2,1-3H3/t18-,19+,20+,22+,23+,24-/m1/s1. The molecule has 2 saturated carbocycles. The Labute approximate surface area is 167 Å². The van der Waals surface area contributed by atoms with Crippen LogP contribution < -0.4 is 0 Å². The van der Waals surface area contributed by atoms with Crippen molar-refractivity contribution in [1.29, 1.82) is 0 Å². The molecule has 3 fully saturated rings. The first kappa shape index (κ1) is 18.2. The second kappa shape index (κ2) is 5.84. The van der Waals surface area contributed by atoms with Crippen molar-refractivity contribution in [2.45, 2.75) is 71.3 Å². The van der Waals surface area contributed by atoms with Gasteiger partial charge in [-0.15, -0.1) is 0 Å². The SMILES string of the molecule is CC(=O)OC1=CC[C@@]2(C)C(=C1)C=C[C@@H]1[C@@H]2CC[C@@]2(C)[C@H]1CC[C@@]21CCC(=O)O1. The first-order chi connectivity index (χ1) is 13.3. The highest BCUT2D eigenvalue weighted by atomic mass is 16.6. The lowest BCUT2D eigenvalue weighted by molar-refractivity contribution is -0.165. The van der Waals surface area contributed by atoms with Crippen molar-refractivity contribution in [3.8, 4) is 0 Å². The average Bonchev–Trinajstić information content (AvgIpc) is 3.16. The molecule has 1 heterocycles. The van der Waals surface area contributed by atoms with Crippen LogP contribution in [-0.2, 0) is 19.1 Å². The third-order valence-electron chi connectivity index (χ3n) is 8.93. The second-order valence-corrected chi connectivity index (χ2v) is 10.0. The van der Waals surface area contributed by atoms with Crippen LogP contribution in [0.3, 0.4) is 0 Å². The summed E-state index contributed by atoms with van der Waals surface area (Å²) in [5.74, 6) is 2.11. The molecule has 0 aromatic carbocycles. The Bertz CT molecular complexity index is 836. The monoisotopic (exact) mass is 382 g/mol. The Morgan fingerprint density at radius 1 is 1.18 bits per heavy atom. The summed E-state index contributed by atoms with van der Waals surface area (Å²) in [6, 6.07) is 0. The number of hydrogen-bond acceptors (Lipinski definition) is 4. The van der Waals surface area contributed by atoms with Gasteiger partial charge in [0.05, 0.1) is 0 Å². The summed E-state index contributed by atoms with van der Waals surface area (Å²) in [7, 11) is 0. The zero-order chi connectivity index (χ0) is 19.7. The van der Waals surface area contributed by atoms with Crippen molar-refractivity contribution in [2.24, 2.45) is 28.6 Å². The summed E-state index contributed by atoms with van der Waals surface area (Å²) < 4.78 is 11.4. The molecular weight excluding hydrogens is 352 g/mol.